The van der Waals surface area contributed by atoms with E-state index >= 15 is 0 Å². The van der Waals surface area contributed by atoms with Crippen LogP contribution in [-0.2, 0) is 6.54 Å². The minimum absolute atomic E-state index is 0.210. The van der Waals surface area contributed by atoms with Crippen molar-refractivity contribution in [2.45, 2.75) is 38.8 Å². The van der Waals surface area contributed by atoms with Crippen molar-refractivity contribution in [2.24, 2.45) is 0 Å². The molecule has 1 aromatic rings. The van der Waals surface area contributed by atoms with E-state index in [9.17, 15) is 13.2 Å². The van der Waals surface area contributed by atoms with Crippen LogP contribution in [0.2, 0.25) is 0 Å². The lowest BCUT2D eigenvalue weighted by Crippen LogP contribution is -2.43. The second kappa shape index (κ2) is 7.09. The molecule has 1 N–H and O–H groups in total. The predicted molar refractivity (Wildman–Crippen MR) is 72.9 cm³/mol. The van der Waals surface area contributed by atoms with E-state index < -0.39 is 17.5 Å². The summed E-state index contributed by atoms with van der Waals surface area (Å²) in [4.78, 5) is 2.05. The molecule has 1 aromatic carbocycles. The summed E-state index contributed by atoms with van der Waals surface area (Å²) in [7, 11) is 0. The van der Waals surface area contributed by atoms with Gasteiger partial charge in [0.2, 0.25) is 0 Å². The van der Waals surface area contributed by atoms with Crippen LogP contribution in [-0.4, -0.2) is 30.6 Å². The summed E-state index contributed by atoms with van der Waals surface area (Å²) in [6.45, 7) is 4.85. The van der Waals surface area contributed by atoms with Crippen molar-refractivity contribution >= 4 is 0 Å². The molecule has 0 aliphatic carbocycles. The zero-order valence-corrected chi connectivity index (χ0v) is 11.8. The third-order valence-corrected chi connectivity index (χ3v) is 3.82. The first-order valence-electron chi connectivity index (χ1n) is 7.19. The van der Waals surface area contributed by atoms with Crippen molar-refractivity contribution in [3.63, 3.8) is 0 Å². The van der Waals surface area contributed by atoms with Crippen molar-refractivity contribution in [3.05, 3.63) is 35.1 Å². The Balaban J connectivity index is 2.00. The van der Waals surface area contributed by atoms with Crippen LogP contribution in [0.4, 0.5) is 13.2 Å². The van der Waals surface area contributed by atoms with Gasteiger partial charge in [0.1, 0.15) is 5.82 Å². The van der Waals surface area contributed by atoms with E-state index in [0.29, 0.717) is 18.7 Å². The third kappa shape index (κ3) is 3.96. The molecule has 5 heteroatoms. The van der Waals surface area contributed by atoms with E-state index in [0.717, 1.165) is 32.1 Å². The Morgan fingerprint density at radius 2 is 1.90 bits per heavy atom. The van der Waals surface area contributed by atoms with Crippen LogP contribution < -0.4 is 5.32 Å². The van der Waals surface area contributed by atoms with Crippen LogP contribution in [0, 0.1) is 17.5 Å². The fourth-order valence-electron chi connectivity index (χ4n) is 2.62. The standard InChI is InChI=1S/C15H21F3N2/c1-2-20(10-12-5-3-4-6-19-12)9-11-7-14(17)15(18)8-13(11)16/h7-8,12,19H,2-6,9-10H2,1H3. The summed E-state index contributed by atoms with van der Waals surface area (Å²) in [6, 6.07) is 1.98. The molecule has 1 aliphatic heterocycles. The van der Waals surface area contributed by atoms with Crippen molar-refractivity contribution in [1.82, 2.24) is 10.2 Å². The van der Waals surface area contributed by atoms with Gasteiger partial charge in [-0.1, -0.05) is 13.3 Å². The Labute approximate surface area is 118 Å². The third-order valence-electron chi connectivity index (χ3n) is 3.82. The van der Waals surface area contributed by atoms with E-state index in [4.69, 9.17) is 0 Å². The van der Waals surface area contributed by atoms with Gasteiger partial charge in [0.15, 0.2) is 11.6 Å². The van der Waals surface area contributed by atoms with Gasteiger partial charge >= 0.3 is 0 Å². The van der Waals surface area contributed by atoms with Crippen LogP contribution in [0.25, 0.3) is 0 Å². The molecule has 1 fully saturated rings. The number of rotatable bonds is 5. The minimum Gasteiger partial charge on any atom is -0.313 e. The summed E-state index contributed by atoms with van der Waals surface area (Å²) in [5.74, 6) is -2.81. The first-order valence-corrected chi connectivity index (χ1v) is 7.19. The maximum absolute atomic E-state index is 13.7. The van der Waals surface area contributed by atoms with Gasteiger partial charge in [0, 0.05) is 30.8 Å². The minimum atomic E-state index is -1.14. The monoisotopic (exact) mass is 286 g/mol. The van der Waals surface area contributed by atoms with Crippen LogP contribution in [0.3, 0.4) is 0 Å². The number of nitrogens with one attached hydrogen (secondary N) is 1. The molecule has 0 saturated carbocycles. The quantitative estimate of drug-likeness (QED) is 0.837. The Morgan fingerprint density at radius 3 is 2.55 bits per heavy atom. The Bertz CT molecular complexity index is 445. The molecule has 1 heterocycles. The molecule has 0 spiro atoms. The molecule has 112 valence electrons. The molecule has 1 unspecified atom stereocenters. The Kier molecular flexibility index (Phi) is 5.43. The molecule has 0 radical (unpaired) electrons. The Morgan fingerprint density at radius 1 is 1.15 bits per heavy atom. The summed E-state index contributed by atoms with van der Waals surface area (Å²) in [6.07, 6.45) is 3.51. The van der Waals surface area contributed by atoms with E-state index in [1.807, 2.05) is 6.92 Å². The first-order chi connectivity index (χ1) is 9.60. The maximum Gasteiger partial charge on any atom is 0.161 e. The normalized spacial score (nSPS) is 19.6. The van der Waals surface area contributed by atoms with Crippen molar-refractivity contribution in [2.75, 3.05) is 19.6 Å². The lowest BCUT2D eigenvalue weighted by atomic mass is 10.0. The molecule has 2 rings (SSSR count). The number of hydrogen-bond acceptors (Lipinski definition) is 2. The molecule has 20 heavy (non-hydrogen) atoms. The molecular weight excluding hydrogens is 265 g/mol. The van der Waals surface area contributed by atoms with Crippen molar-refractivity contribution < 1.29 is 13.2 Å². The SMILES string of the molecule is CCN(Cc1cc(F)c(F)cc1F)CC1CCCCN1. The molecule has 1 atom stereocenters. The number of hydrogen-bond donors (Lipinski definition) is 1. The zero-order chi connectivity index (χ0) is 14.5. The lowest BCUT2D eigenvalue weighted by Gasteiger charge is -2.30. The topological polar surface area (TPSA) is 15.3 Å². The highest BCUT2D eigenvalue weighted by atomic mass is 19.2. The molecule has 1 saturated heterocycles. The van der Waals surface area contributed by atoms with Gasteiger partial charge in [-0.2, -0.15) is 0 Å². The number of halogens is 3. The molecule has 0 aromatic heterocycles. The number of likely N-dealkylation sites (N-methyl/N-ethyl adjacent to an activating group) is 1. The Hall–Kier alpha value is -1.07. The average Bonchev–Trinajstić information content (AvgIpc) is 2.45. The summed E-state index contributed by atoms with van der Waals surface area (Å²) < 4.78 is 39.8. The van der Waals surface area contributed by atoms with E-state index in [2.05, 4.69) is 10.2 Å². The molecule has 1 aliphatic rings. The molecule has 2 nitrogen and oxygen atoms in total. The van der Waals surface area contributed by atoms with Crippen LogP contribution in [0.1, 0.15) is 31.7 Å². The fraction of sp³-hybridized carbons (Fsp3) is 0.600. The average molecular weight is 286 g/mol. The lowest BCUT2D eigenvalue weighted by molar-refractivity contribution is 0.223. The van der Waals surface area contributed by atoms with Gasteiger partial charge in [-0.3, -0.25) is 4.90 Å². The van der Waals surface area contributed by atoms with Crippen LogP contribution in [0.5, 0.6) is 0 Å². The van der Waals surface area contributed by atoms with Gasteiger partial charge in [-0.15, -0.1) is 0 Å². The van der Waals surface area contributed by atoms with Crippen LogP contribution >= 0.6 is 0 Å². The predicted octanol–water partition coefficient (Wildman–Crippen LogP) is 3.07. The van der Waals surface area contributed by atoms with E-state index in [1.54, 1.807) is 0 Å². The maximum atomic E-state index is 13.7. The fourth-order valence-corrected chi connectivity index (χ4v) is 2.62. The number of piperidine rings is 1. The summed E-state index contributed by atoms with van der Waals surface area (Å²) in [5.41, 5.74) is 0.210. The van der Waals surface area contributed by atoms with Gasteiger partial charge in [0.25, 0.3) is 0 Å². The zero-order valence-electron chi connectivity index (χ0n) is 11.8. The highest BCUT2D eigenvalue weighted by molar-refractivity contribution is 5.20. The second-order valence-corrected chi connectivity index (χ2v) is 5.33. The van der Waals surface area contributed by atoms with E-state index in [-0.39, 0.29) is 5.56 Å². The van der Waals surface area contributed by atoms with Crippen LogP contribution in [0.15, 0.2) is 12.1 Å². The molecule has 0 amide bonds. The number of nitrogens with zero attached hydrogens (tertiary/aromatic N) is 1. The highest BCUT2D eigenvalue weighted by Gasteiger charge is 2.18. The van der Waals surface area contributed by atoms with Gasteiger partial charge in [-0.05, 0) is 32.0 Å². The highest BCUT2D eigenvalue weighted by Crippen LogP contribution is 2.17. The summed E-state index contributed by atoms with van der Waals surface area (Å²) >= 11 is 0. The molecule has 0 bridgehead atoms. The first kappa shape index (κ1) is 15.3. The largest absolute Gasteiger partial charge is 0.313 e. The molecular formula is C15H21F3N2. The van der Waals surface area contributed by atoms with E-state index in [1.165, 1.54) is 12.8 Å². The van der Waals surface area contributed by atoms with Crippen molar-refractivity contribution in [1.29, 1.82) is 0 Å². The van der Waals surface area contributed by atoms with Gasteiger partial charge < -0.3 is 5.32 Å². The summed E-state index contributed by atoms with van der Waals surface area (Å²) in [5, 5.41) is 3.44. The smallest absolute Gasteiger partial charge is 0.161 e. The number of benzene rings is 1. The van der Waals surface area contributed by atoms with Gasteiger partial charge in [-0.25, -0.2) is 13.2 Å². The van der Waals surface area contributed by atoms with Crippen molar-refractivity contribution in [3.8, 4) is 0 Å². The second-order valence-electron chi connectivity index (χ2n) is 5.33. The van der Waals surface area contributed by atoms with Gasteiger partial charge in [0.05, 0.1) is 0 Å².